The molecule has 0 N–H and O–H groups in total. The first-order valence-corrected chi connectivity index (χ1v) is 16.1. The van der Waals surface area contributed by atoms with Crippen molar-refractivity contribution in [3.8, 4) is 28.7 Å². The Kier molecular flexibility index (Phi) is 5.61. The molecule has 0 spiro atoms. The Labute approximate surface area is 276 Å². The number of hydrogen-bond acceptors (Lipinski definition) is 2. The Morgan fingerprint density at radius 3 is 2.00 bits per heavy atom. The van der Waals surface area contributed by atoms with E-state index in [-0.39, 0.29) is 0 Å². The number of benzene rings is 7. The SMILES string of the molecule is N#Cc1cc(-n2c3ccccc3c3ccc(-c4ccc5c(c4)c4c6ccccc6ccc4n5-c4ccccc4)cc32)nc2ccccc12. The molecule has 3 heterocycles. The number of nitriles is 1. The van der Waals surface area contributed by atoms with Gasteiger partial charge < -0.3 is 4.57 Å². The quantitative estimate of drug-likeness (QED) is 0.200. The molecule has 7 aromatic carbocycles. The molecule has 0 saturated carbocycles. The van der Waals surface area contributed by atoms with E-state index in [2.05, 4.69) is 143 Å². The Bertz CT molecular complexity index is 2960. The fourth-order valence-corrected chi connectivity index (χ4v) is 7.59. The second kappa shape index (κ2) is 10.2. The second-order valence-electron chi connectivity index (χ2n) is 12.3. The summed E-state index contributed by atoms with van der Waals surface area (Å²) in [6, 6.07) is 57.9. The highest BCUT2D eigenvalue weighted by Crippen LogP contribution is 2.40. The van der Waals surface area contributed by atoms with E-state index in [4.69, 9.17) is 4.98 Å². The van der Waals surface area contributed by atoms with Gasteiger partial charge in [-0.3, -0.25) is 4.57 Å². The minimum atomic E-state index is 0.616. The van der Waals surface area contributed by atoms with Crippen molar-refractivity contribution in [1.29, 1.82) is 5.26 Å². The smallest absolute Gasteiger partial charge is 0.139 e. The number of hydrogen-bond donors (Lipinski definition) is 0. The van der Waals surface area contributed by atoms with Gasteiger partial charge in [-0.1, -0.05) is 103 Å². The summed E-state index contributed by atoms with van der Waals surface area (Å²) in [5, 5.41) is 18.2. The zero-order chi connectivity index (χ0) is 31.8. The molecule has 3 aromatic heterocycles. The van der Waals surface area contributed by atoms with E-state index < -0.39 is 0 Å². The topological polar surface area (TPSA) is 46.5 Å². The van der Waals surface area contributed by atoms with Gasteiger partial charge in [-0.25, -0.2) is 4.98 Å². The minimum absolute atomic E-state index is 0.616. The highest BCUT2D eigenvalue weighted by Gasteiger charge is 2.18. The lowest BCUT2D eigenvalue weighted by Gasteiger charge is -2.11. The maximum absolute atomic E-state index is 10.1. The van der Waals surface area contributed by atoms with Crippen molar-refractivity contribution in [1.82, 2.24) is 14.1 Å². The van der Waals surface area contributed by atoms with Gasteiger partial charge in [0, 0.05) is 32.6 Å². The van der Waals surface area contributed by atoms with Crippen LogP contribution in [0.1, 0.15) is 5.56 Å². The third-order valence-electron chi connectivity index (χ3n) is 9.73. The molecule has 0 aliphatic heterocycles. The molecule has 0 amide bonds. The Balaban J connectivity index is 1.25. The second-order valence-corrected chi connectivity index (χ2v) is 12.3. The van der Waals surface area contributed by atoms with Crippen molar-refractivity contribution < 1.29 is 0 Å². The number of pyridine rings is 1. The lowest BCUT2D eigenvalue weighted by atomic mass is 9.99. The fourth-order valence-electron chi connectivity index (χ4n) is 7.59. The van der Waals surface area contributed by atoms with Crippen LogP contribution in [-0.4, -0.2) is 14.1 Å². The minimum Gasteiger partial charge on any atom is -0.309 e. The summed E-state index contributed by atoms with van der Waals surface area (Å²) in [6.45, 7) is 0. The summed E-state index contributed by atoms with van der Waals surface area (Å²) in [6.07, 6.45) is 0. The molecule has 0 atom stereocenters. The first-order chi connectivity index (χ1) is 23.8. The molecule has 222 valence electrons. The molecule has 0 unspecified atom stereocenters. The zero-order valence-corrected chi connectivity index (χ0v) is 25.8. The maximum atomic E-state index is 10.1. The largest absolute Gasteiger partial charge is 0.309 e. The van der Waals surface area contributed by atoms with Crippen LogP contribution in [0.25, 0.3) is 87.9 Å². The Morgan fingerprint density at radius 2 is 1.12 bits per heavy atom. The van der Waals surface area contributed by atoms with E-state index in [1.54, 1.807) is 0 Å². The van der Waals surface area contributed by atoms with Gasteiger partial charge in [-0.2, -0.15) is 5.26 Å². The van der Waals surface area contributed by atoms with Gasteiger partial charge in [-0.15, -0.1) is 0 Å². The molecule has 0 bridgehead atoms. The van der Waals surface area contributed by atoms with Crippen LogP contribution in [0, 0.1) is 11.3 Å². The standard InChI is InChI=1S/C44H26N4/c45-27-31-26-43(46-38-16-8-6-13-33(31)38)48-39-17-9-7-15-35(39)36-21-18-30(25-42(36)48)29-20-22-40-37(24-29)44-34-14-5-4-10-28(34)19-23-41(44)47(40)32-11-2-1-3-12-32/h1-26H. The van der Waals surface area contributed by atoms with Crippen LogP contribution in [0.4, 0.5) is 0 Å². The molecule has 4 heteroatoms. The highest BCUT2D eigenvalue weighted by atomic mass is 15.1. The van der Waals surface area contributed by atoms with Gasteiger partial charge in [0.2, 0.25) is 0 Å². The van der Waals surface area contributed by atoms with E-state index in [1.807, 2.05) is 30.3 Å². The summed E-state index contributed by atoms with van der Waals surface area (Å²) in [4.78, 5) is 5.07. The number of rotatable bonds is 3. The molecule has 0 aliphatic carbocycles. The van der Waals surface area contributed by atoms with Crippen LogP contribution in [0.3, 0.4) is 0 Å². The van der Waals surface area contributed by atoms with Crippen molar-refractivity contribution >= 4 is 65.3 Å². The molecule has 0 fully saturated rings. The average molecular weight is 611 g/mol. The maximum Gasteiger partial charge on any atom is 0.139 e. The van der Waals surface area contributed by atoms with Gasteiger partial charge in [0.25, 0.3) is 0 Å². The number of aromatic nitrogens is 3. The molecular formula is C44H26N4. The highest BCUT2D eigenvalue weighted by molar-refractivity contribution is 6.22. The molecule has 10 aromatic rings. The van der Waals surface area contributed by atoms with Crippen LogP contribution in [0.2, 0.25) is 0 Å². The lowest BCUT2D eigenvalue weighted by molar-refractivity contribution is 1.10. The van der Waals surface area contributed by atoms with Gasteiger partial charge in [0.15, 0.2) is 0 Å². The van der Waals surface area contributed by atoms with Crippen LogP contribution in [-0.2, 0) is 0 Å². The first-order valence-electron chi connectivity index (χ1n) is 16.1. The summed E-state index contributed by atoms with van der Waals surface area (Å²) in [5.74, 6) is 0.737. The van der Waals surface area contributed by atoms with E-state index in [0.717, 1.165) is 55.3 Å². The summed E-state index contributed by atoms with van der Waals surface area (Å²) < 4.78 is 4.58. The van der Waals surface area contributed by atoms with Gasteiger partial charge >= 0.3 is 0 Å². The van der Waals surface area contributed by atoms with Crippen LogP contribution in [0.5, 0.6) is 0 Å². The summed E-state index contributed by atoms with van der Waals surface area (Å²) >= 11 is 0. The predicted molar refractivity (Wildman–Crippen MR) is 198 cm³/mol. The Hall–Kier alpha value is -6.70. The predicted octanol–water partition coefficient (Wildman–Crippen LogP) is 11.1. The summed E-state index contributed by atoms with van der Waals surface area (Å²) in [7, 11) is 0. The van der Waals surface area contributed by atoms with Crippen LogP contribution < -0.4 is 0 Å². The Morgan fingerprint density at radius 1 is 0.458 bits per heavy atom. The van der Waals surface area contributed by atoms with Crippen molar-refractivity contribution in [2.45, 2.75) is 0 Å². The van der Waals surface area contributed by atoms with Crippen LogP contribution >= 0.6 is 0 Å². The van der Waals surface area contributed by atoms with Gasteiger partial charge in [0.05, 0.1) is 39.2 Å². The normalized spacial score (nSPS) is 11.7. The number of para-hydroxylation sites is 3. The van der Waals surface area contributed by atoms with Crippen LogP contribution in [0.15, 0.2) is 158 Å². The third kappa shape index (κ3) is 3.79. The molecular weight excluding hydrogens is 585 g/mol. The van der Waals surface area contributed by atoms with Crippen molar-refractivity contribution in [3.63, 3.8) is 0 Å². The molecule has 0 saturated heterocycles. The molecule has 48 heavy (non-hydrogen) atoms. The fraction of sp³-hybridized carbons (Fsp3) is 0. The lowest BCUT2D eigenvalue weighted by Crippen LogP contribution is -1.99. The summed E-state index contributed by atoms with van der Waals surface area (Å²) in [5.41, 5.74) is 9.31. The van der Waals surface area contributed by atoms with Gasteiger partial charge in [0.1, 0.15) is 5.82 Å². The van der Waals surface area contributed by atoms with E-state index >= 15 is 0 Å². The first kappa shape index (κ1) is 26.5. The molecule has 10 rings (SSSR count). The molecule has 0 aliphatic rings. The molecule has 0 radical (unpaired) electrons. The molecule has 4 nitrogen and oxygen atoms in total. The van der Waals surface area contributed by atoms with E-state index in [0.29, 0.717) is 5.56 Å². The number of nitrogens with zero attached hydrogens (tertiary/aromatic N) is 4. The monoisotopic (exact) mass is 610 g/mol. The van der Waals surface area contributed by atoms with Crippen molar-refractivity contribution in [2.24, 2.45) is 0 Å². The van der Waals surface area contributed by atoms with Crippen molar-refractivity contribution in [2.75, 3.05) is 0 Å². The van der Waals surface area contributed by atoms with Gasteiger partial charge in [-0.05, 0) is 76.5 Å². The van der Waals surface area contributed by atoms with E-state index in [1.165, 1.54) is 32.6 Å². The third-order valence-corrected chi connectivity index (χ3v) is 9.73. The average Bonchev–Trinajstić information content (AvgIpc) is 3.67. The van der Waals surface area contributed by atoms with Crippen molar-refractivity contribution in [3.05, 3.63) is 163 Å². The zero-order valence-electron chi connectivity index (χ0n) is 25.8. The van der Waals surface area contributed by atoms with E-state index in [9.17, 15) is 5.26 Å². The number of fused-ring (bicyclic) bond motifs is 9.